The van der Waals surface area contributed by atoms with Crippen molar-refractivity contribution >= 4 is 38.3 Å². The van der Waals surface area contributed by atoms with Crippen LogP contribution in [0.1, 0.15) is 21.5 Å². The Morgan fingerprint density at radius 2 is 1.43 bits per heavy atom. The zero-order valence-corrected chi connectivity index (χ0v) is 15.9. The highest BCUT2D eigenvalue weighted by atomic mass is 19.4. The van der Waals surface area contributed by atoms with E-state index in [1.54, 1.807) is 0 Å². The largest absolute Gasteiger partial charge is 0.423 e. The lowest BCUT2D eigenvalue weighted by molar-refractivity contribution is -0.137. The molecule has 0 fully saturated rings. The summed E-state index contributed by atoms with van der Waals surface area (Å²) >= 11 is 0. The van der Waals surface area contributed by atoms with E-state index in [0.717, 1.165) is 62.1 Å². The molecule has 0 radical (unpaired) electrons. The Kier molecular flexibility index (Phi) is 3.97. The molecule has 5 heteroatoms. The van der Waals surface area contributed by atoms with Crippen LogP contribution in [0.4, 0.5) is 13.2 Å². The third-order valence-electron chi connectivity index (χ3n) is 5.52. The van der Waals surface area contributed by atoms with Gasteiger partial charge in [-0.25, -0.2) is 4.79 Å². The molecule has 0 saturated carbocycles. The zero-order chi connectivity index (χ0) is 21.0. The van der Waals surface area contributed by atoms with Gasteiger partial charge in [-0.15, -0.1) is 0 Å². The summed E-state index contributed by atoms with van der Waals surface area (Å²) < 4.78 is 43.8. The molecule has 0 spiro atoms. The van der Waals surface area contributed by atoms with E-state index in [9.17, 15) is 18.0 Å². The van der Waals surface area contributed by atoms with Crippen molar-refractivity contribution < 1.29 is 22.7 Å². The third-order valence-corrected chi connectivity index (χ3v) is 5.52. The van der Waals surface area contributed by atoms with Crippen LogP contribution >= 0.6 is 0 Å². The fraction of sp³-hybridized carbons (Fsp3) is 0.0800. The van der Waals surface area contributed by atoms with Crippen molar-refractivity contribution in [2.24, 2.45) is 0 Å². The average molecular weight is 404 g/mol. The molecule has 5 aromatic rings. The quantitative estimate of drug-likeness (QED) is 0.178. The van der Waals surface area contributed by atoms with Gasteiger partial charge in [0.25, 0.3) is 0 Å². The first-order valence-corrected chi connectivity index (χ1v) is 9.39. The molecule has 0 heterocycles. The van der Waals surface area contributed by atoms with Crippen molar-refractivity contribution in [1.82, 2.24) is 0 Å². The summed E-state index contributed by atoms with van der Waals surface area (Å²) in [5, 5.41) is 6.47. The predicted octanol–water partition coefficient (Wildman–Crippen LogP) is 7.13. The molecule has 0 bridgehead atoms. The highest BCUT2D eigenvalue weighted by Crippen LogP contribution is 2.39. The number of hydrogen-bond donors (Lipinski definition) is 0. The van der Waals surface area contributed by atoms with E-state index in [-0.39, 0.29) is 5.56 Å². The van der Waals surface area contributed by atoms with Gasteiger partial charge in [0, 0.05) is 0 Å². The lowest BCUT2D eigenvalue weighted by atomic mass is 9.92. The summed E-state index contributed by atoms with van der Waals surface area (Å²) in [6, 6.07) is 20.0. The minimum Gasteiger partial charge on any atom is -0.423 e. The summed E-state index contributed by atoms with van der Waals surface area (Å²) in [6.07, 6.45) is -4.45. The molecule has 0 aliphatic heterocycles. The number of ether oxygens (including phenoxy) is 1. The van der Waals surface area contributed by atoms with Crippen molar-refractivity contribution in [2.45, 2.75) is 13.1 Å². The van der Waals surface area contributed by atoms with Crippen LogP contribution in [0.25, 0.3) is 32.3 Å². The Morgan fingerprint density at radius 3 is 2.10 bits per heavy atom. The number of esters is 1. The second-order valence-corrected chi connectivity index (χ2v) is 7.32. The van der Waals surface area contributed by atoms with E-state index in [2.05, 4.69) is 12.1 Å². The van der Waals surface area contributed by atoms with Crippen molar-refractivity contribution in [3.63, 3.8) is 0 Å². The number of hydrogen-bond acceptors (Lipinski definition) is 2. The number of halogens is 3. The standard InChI is InChI=1S/C25H15F3O2/c1-14-20-12-9-16-4-2-3-15-5-6-18(23(20)22(15)16)13-21(14)30-24(29)17-7-10-19(11-8-17)25(26,27)28/h2-13H,1H3. The maximum Gasteiger partial charge on any atom is 0.416 e. The zero-order valence-electron chi connectivity index (χ0n) is 15.9. The fourth-order valence-corrected chi connectivity index (χ4v) is 3.98. The summed E-state index contributed by atoms with van der Waals surface area (Å²) in [5.74, 6) is -0.301. The molecule has 5 rings (SSSR count). The monoisotopic (exact) mass is 404 g/mol. The molecule has 148 valence electrons. The van der Waals surface area contributed by atoms with Gasteiger partial charge in [0.05, 0.1) is 11.1 Å². The van der Waals surface area contributed by atoms with Gasteiger partial charge in [-0.1, -0.05) is 42.5 Å². The van der Waals surface area contributed by atoms with Gasteiger partial charge in [-0.05, 0) is 75.1 Å². The molecule has 2 nitrogen and oxygen atoms in total. The molecule has 5 aromatic carbocycles. The van der Waals surface area contributed by atoms with Crippen molar-refractivity contribution in [3.8, 4) is 5.75 Å². The molecule has 0 amide bonds. The molecule has 0 unspecified atom stereocenters. The second kappa shape index (κ2) is 6.46. The Balaban J connectivity index is 1.57. The summed E-state index contributed by atoms with van der Waals surface area (Å²) in [4.78, 5) is 12.6. The van der Waals surface area contributed by atoms with Crippen molar-refractivity contribution in [3.05, 3.63) is 89.5 Å². The molecule has 0 saturated heterocycles. The normalized spacial score (nSPS) is 12.1. The van der Waals surface area contributed by atoms with E-state index in [4.69, 9.17) is 4.74 Å². The number of aryl methyl sites for hydroxylation is 1. The number of carbonyl (C=O) groups is 1. The van der Waals surface area contributed by atoms with Gasteiger partial charge in [-0.3, -0.25) is 0 Å². The molecule has 30 heavy (non-hydrogen) atoms. The van der Waals surface area contributed by atoms with E-state index >= 15 is 0 Å². The van der Waals surface area contributed by atoms with E-state index in [1.165, 1.54) is 0 Å². The molecule has 0 aliphatic rings. The van der Waals surface area contributed by atoms with E-state index < -0.39 is 17.7 Å². The Hall–Kier alpha value is -3.60. The van der Waals surface area contributed by atoms with Crippen LogP contribution in [0, 0.1) is 6.92 Å². The van der Waals surface area contributed by atoms with Gasteiger partial charge >= 0.3 is 12.1 Å². The first-order chi connectivity index (χ1) is 14.3. The second-order valence-electron chi connectivity index (χ2n) is 7.32. The van der Waals surface area contributed by atoms with Crippen LogP contribution < -0.4 is 4.74 Å². The highest BCUT2D eigenvalue weighted by molar-refractivity contribution is 6.24. The molecule has 0 atom stereocenters. The SMILES string of the molecule is Cc1c(OC(=O)c2ccc(C(F)(F)F)cc2)cc2ccc3cccc4ccc1c2c34. The van der Waals surface area contributed by atoms with E-state index in [1.807, 2.05) is 43.3 Å². The van der Waals surface area contributed by atoms with Crippen LogP contribution in [-0.4, -0.2) is 5.97 Å². The Morgan fingerprint density at radius 1 is 0.800 bits per heavy atom. The van der Waals surface area contributed by atoms with Crippen LogP contribution in [0.5, 0.6) is 5.75 Å². The third kappa shape index (κ3) is 2.86. The molecular formula is C25H15F3O2. The molecular weight excluding hydrogens is 389 g/mol. The molecule has 0 aliphatic carbocycles. The van der Waals surface area contributed by atoms with Crippen LogP contribution in [-0.2, 0) is 6.18 Å². The maximum atomic E-state index is 12.7. The number of benzene rings is 5. The van der Waals surface area contributed by atoms with Crippen molar-refractivity contribution in [1.29, 1.82) is 0 Å². The first-order valence-electron chi connectivity index (χ1n) is 9.39. The maximum absolute atomic E-state index is 12.7. The number of alkyl halides is 3. The smallest absolute Gasteiger partial charge is 0.416 e. The minimum atomic E-state index is -4.45. The van der Waals surface area contributed by atoms with Crippen LogP contribution in [0.3, 0.4) is 0 Å². The Labute approximate surface area is 169 Å². The molecule has 0 N–H and O–H groups in total. The minimum absolute atomic E-state index is 0.0625. The van der Waals surface area contributed by atoms with Crippen LogP contribution in [0.2, 0.25) is 0 Å². The van der Waals surface area contributed by atoms with Gasteiger partial charge in [0.15, 0.2) is 0 Å². The van der Waals surface area contributed by atoms with Gasteiger partial charge < -0.3 is 4.74 Å². The number of rotatable bonds is 2. The molecule has 0 aromatic heterocycles. The van der Waals surface area contributed by atoms with Gasteiger partial charge in [0.1, 0.15) is 5.75 Å². The van der Waals surface area contributed by atoms with E-state index in [0.29, 0.717) is 5.75 Å². The lowest BCUT2D eigenvalue weighted by Gasteiger charge is -2.15. The highest BCUT2D eigenvalue weighted by Gasteiger charge is 2.30. The lowest BCUT2D eigenvalue weighted by Crippen LogP contribution is -2.11. The van der Waals surface area contributed by atoms with Gasteiger partial charge in [-0.2, -0.15) is 13.2 Å². The van der Waals surface area contributed by atoms with Crippen molar-refractivity contribution in [2.75, 3.05) is 0 Å². The predicted molar refractivity (Wildman–Crippen MR) is 111 cm³/mol. The summed E-state index contributed by atoms with van der Waals surface area (Å²) in [6.45, 7) is 1.88. The van der Waals surface area contributed by atoms with Gasteiger partial charge in [0.2, 0.25) is 0 Å². The average Bonchev–Trinajstić information content (AvgIpc) is 2.73. The summed E-state index contributed by atoms with van der Waals surface area (Å²) in [5.41, 5.74) is 0.0617. The first kappa shape index (κ1) is 18.4. The van der Waals surface area contributed by atoms with Crippen LogP contribution in [0.15, 0.2) is 72.8 Å². The summed E-state index contributed by atoms with van der Waals surface area (Å²) in [7, 11) is 0. The number of carbonyl (C=O) groups excluding carboxylic acids is 1. The Bertz CT molecular complexity index is 1400. The topological polar surface area (TPSA) is 26.3 Å². The fourth-order valence-electron chi connectivity index (χ4n) is 3.98.